The second-order valence-electron chi connectivity index (χ2n) is 6.57. The summed E-state index contributed by atoms with van der Waals surface area (Å²) in [7, 11) is -3.05. The smallest absolute Gasteiger partial charge is 0.211 e. The molecule has 0 bridgehead atoms. The van der Waals surface area contributed by atoms with E-state index in [1.165, 1.54) is 11.8 Å². The first kappa shape index (κ1) is 16.7. The number of hydrogen-bond acceptors (Lipinski definition) is 4. The molecule has 0 spiro atoms. The third kappa shape index (κ3) is 4.46. The first-order chi connectivity index (χ1) is 11.0. The van der Waals surface area contributed by atoms with Crippen LogP contribution in [0, 0.1) is 0 Å². The maximum Gasteiger partial charge on any atom is 0.211 e. The average molecular weight is 338 g/mol. The summed E-state index contributed by atoms with van der Waals surface area (Å²) in [4.78, 5) is 0. The molecule has 1 N–H and O–H groups in total. The van der Waals surface area contributed by atoms with E-state index >= 15 is 0 Å². The molecular weight excluding hydrogens is 312 g/mol. The van der Waals surface area contributed by atoms with Gasteiger partial charge in [0.1, 0.15) is 11.9 Å². The highest BCUT2D eigenvalue weighted by molar-refractivity contribution is 7.88. The summed E-state index contributed by atoms with van der Waals surface area (Å²) in [5.41, 5.74) is 1.29. The summed E-state index contributed by atoms with van der Waals surface area (Å²) < 4.78 is 30.7. The lowest BCUT2D eigenvalue weighted by Crippen LogP contribution is -2.37. The largest absolute Gasteiger partial charge is 0.490 e. The zero-order valence-electron chi connectivity index (χ0n) is 13.7. The van der Waals surface area contributed by atoms with Crippen molar-refractivity contribution >= 4 is 10.0 Å². The van der Waals surface area contributed by atoms with E-state index in [1.807, 2.05) is 0 Å². The molecule has 2 saturated heterocycles. The molecule has 2 aliphatic rings. The Kier molecular flexibility index (Phi) is 5.24. The fourth-order valence-corrected chi connectivity index (χ4v) is 4.32. The van der Waals surface area contributed by atoms with Gasteiger partial charge in [0, 0.05) is 13.1 Å². The molecule has 0 radical (unpaired) electrons. The summed E-state index contributed by atoms with van der Waals surface area (Å²) in [6.45, 7) is 3.30. The fourth-order valence-electron chi connectivity index (χ4n) is 3.45. The normalized spacial score (nSPS) is 22.1. The van der Waals surface area contributed by atoms with E-state index in [0.717, 1.165) is 44.5 Å². The van der Waals surface area contributed by atoms with Crippen molar-refractivity contribution in [1.29, 1.82) is 0 Å². The van der Waals surface area contributed by atoms with Crippen molar-refractivity contribution in [2.75, 3.05) is 32.4 Å². The summed E-state index contributed by atoms with van der Waals surface area (Å²) in [6.07, 6.45) is 5.51. The van der Waals surface area contributed by atoms with Crippen LogP contribution in [0.2, 0.25) is 0 Å². The highest BCUT2D eigenvalue weighted by Crippen LogP contribution is 2.30. The highest BCUT2D eigenvalue weighted by atomic mass is 32.2. The predicted molar refractivity (Wildman–Crippen MR) is 91.4 cm³/mol. The molecule has 3 rings (SSSR count). The minimum atomic E-state index is -3.05. The summed E-state index contributed by atoms with van der Waals surface area (Å²) in [5, 5.41) is 3.34. The third-order valence-electron chi connectivity index (χ3n) is 4.86. The number of nitrogens with zero attached hydrogens (tertiary/aromatic N) is 1. The molecule has 5 nitrogen and oxygen atoms in total. The van der Waals surface area contributed by atoms with E-state index in [2.05, 4.69) is 29.6 Å². The standard InChI is InChI=1S/C17H26N2O3S/c1-23(20,21)19-12-8-15(9-13-19)14-2-4-16(5-3-14)22-17-6-10-18-11-7-17/h2-5,15,17-18H,6-13H2,1H3. The van der Waals surface area contributed by atoms with E-state index in [1.54, 1.807) is 4.31 Å². The van der Waals surface area contributed by atoms with Gasteiger partial charge in [-0.15, -0.1) is 0 Å². The van der Waals surface area contributed by atoms with Crippen LogP contribution in [0.5, 0.6) is 5.75 Å². The molecule has 0 aliphatic carbocycles. The molecule has 1 aromatic carbocycles. The number of rotatable bonds is 4. The minimum Gasteiger partial charge on any atom is -0.490 e. The van der Waals surface area contributed by atoms with Gasteiger partial charge < -0.3 is 10.1 Å². The molecule has 6 heteroatoms. The number of sulfonamides is 1. The van der Waals surface area contributed by atoms with Gasteiger partial charge in [0.2, 0.25) is 10.0 Å². The molecule has 0 saturated carbocycles. The van der Waals surface area contributed by atoms with Crippen LogP contribution in [0.25, 0.3) is 0 Å². The van der Waals surface area contributed by atoms with Crippen LogP contribution in [0.15, 0.2) is 24.3 Å². The summed E-state index contributed by atoms with van der Waals surface area (Å²) in [6, 6.07) is 8.38. The first-order valence-electron chi connectivity index (χ1n) is 8.45. The Balaban J connectivity index is 1.55. The van der Waals surface area contributed by atoms with Crippen molar-refractivity contribution in [3.05, 3.63) is 29.8 Å². The van der Waals surface area contributed by atoms with E-state index in [4.69, 9.17) is 4.74 Å². The molecule has 0 unspecified atom stereocenters. The zero-order chi connectivity index (χ0) is 16.3. The number of piperidine rings is 2. The predicted octanol–water partition coefficient (Wildman–Crippen LogP) is 1.96. The second kappa shape index (κ2) is 7.20. The Bertz CT molecular complexity index is 601. The Morgan fingerprint density at radius 1 is 1.04 bits per heavy atom. The maximum absolute atomic E-state index is 11.6. The van der Waals surface area contributed by atoms with Gasteiger partial charge in [-0.2, -0.15) is 0 Å². The SMILES string of the molecule is CS(=O)(=O)N1CCC(c2ccc(OC3CCNCC3)cc2)CC1. The van der Waals surface area contributed by atoms with Gasteiger partial charge in [-0.05, 0) is 62.4 Å². The van der Waals surface area contributed by atoms with E-state index in [0.29, 0.717) is 25.1 Å². The second-order valence-corrected chi connectivity index (χ2v) is 8.55. The molecule has 0 aromatic heterocycles. The quantitative estimate of drug-likeness (QED) is 0.912. The summed E-state index contributed by atoms with van der Waals surface area (Å²) >= 11 is 0. The maximum atomic E-state index is 11.6. The van der Waals surface area contributed by atoms with Crippen molar-refractivity contribution < 1.29 is 13.2 Å². The Hall–Kier alpha value is -1.11. The molecule has 0 atom stereocenters. The van der Waals surface area contributed by atoms with Crippen LogP contribution in [0.1, 0.15) is 37.2 Å². The topological polar surface area (TPSA) is 58.6 Å². The molecule has 2 aliphatic heterocycles. The number of hydrogen-bond donors (Lipinski definition) is 1. The van der Waals surface area contributed by atoms with Gasteiger partial charge >= 0.3 is 0 Å². The van der Waals surface area contributed by atoms with Crippen molar-refractivity contribution in [3.8, 4) is 5.75 Å². The van der Waals surface area contributed by atoms with Gasteiger partial charge in [0.25, 0.3) is 0 Å². The summed E-state index contributed by atoms with van der Waals surface area (Å²) in [5.74, 6) is 1.38. The number of benzene rings is 1. The molecule has 2 fully saturated rings. The zero-order valence-corrected chi connectivity index (χ0v) is 14.5. The van der Waals surface area contributed by atoms with E-state index < -0.39 is 10.0 Å². The van der Waals surface area contributed by atoms with Crippen LogP contribution in [-0.2, 0) is 10.0 Å². The van der Waals surface area contributed by atoms with Gasteiger partial charge in [0.15, 0.2) is 0 Å². The fraction of sp³-hybridized carbons (Fsp3) is 0.647. The third-order valence-corrected chi connectivity index (χ3v) is 6.17. The molecule has 2 heterocycles. The van der Waals surface area contributed by atoms with Gasteiger partial charge in [0.05, 0.1) is 6.26 Å². The molecule has 0 amide bonds. The monoisotopic (exact) mass is 338 g/mol. The van der Waals surface area contributed by atoms with Crippen molar-refractivity contribution in [2.24, 2.45) is 0 Å². The lowest BCUT2D eigenvalue weighted by molar-refractivity contribution is 0.162. The van der Waals surface area contributed by atoms with E-state index in [9.17, 15) is 8.42 Å². The Morgan fingerprint density at radius 3 is 2.22 bits per heavy atom. The average Bonchev–Trinajstić information content (AvgIpc) is 2.56. The Labute approximate surface area is 139 Å². The van der Waals surface area contributed by atoms with Gasteiger partial charge in [-0.1, -0.05) is 12.1 Å². The lowest BCUT2D eigenvalue weighted by Gasteiger charge is -2.30. The number of nitrogens with one attached hydrogen (secondary N) is 1. The number of ether oxygens (including phenoxy) is 1. The van der Waals surface area contributed by atoms with Crippen molar-refractivity contribution in [3.63, 3.8) is 0 Å². The van der Waals surface area contributed by atoms with Crippen LogP contribution < -0.4 is 10.1 Å². The molecule has 1 aromatic rings. The Morgan fingerprint density at radius 2 is 1.65 bits per heavy atom. The molecule has 23 heavy (non-hydrogen) atoms. The molecule has 128 valence electrons. The first-order valence-corrected chi connectivity index (χ1v) is 10.3. The lowest BCUT2D eigenvalue weighted by atomic mass is 9.90. The van der Waals surface area contributed by atoms with Crippen LogP contribution >= 0.6 is 0 Å². The van der Waals surface area contributed by atoms with E-state index in [-0.39, 0.29) is 0 Å². The van der Waals surface area contributed by atoms with Crippen molar-refractivity contribution in [1.82, 2.24) is 9.62 Å². The van der Waals surface area contributed by atoms with Crippen LogP contribution in [-0.4, -0.2) is 51.3 Å². The van der Waals surface area contributed by atoms with Gasteiger partial charge in [-0.25, -0.2) is 12.7 Å². The van der Waals surface area contributed by atoms with Crippen molar-refractivity contribution in [2.45, 2.75) is 37.7 Å². The van der Waals surface area contributed by atoms with Crippen LogP contribution in [0.3, 0.4) is 0 Å². The van der Waals surface area contributed by atoms with Crippen LogP contribution in [0.4, 0.5) is 0 Å². The van der Waals surface area contributed by atoms with Gasteiger partial charge in [-0.3, -0.25) is 0 Å². The minimum absolute atomic E-state index is 0.320. The molecular formula is C17H26N2O3S. The highest BCUT2D eigenvalue weighted by Gasteiger charge is 2.25.